The zero-order valence-electron chi connectivity index (χ0n) is 11.9. The maximum atomic E-state index is 12.4. The summed E-state index contributed by atoms with van der Waals surface area (Å²) in [6.45, 7) is 7.08. The SMILES string of the molecule is CCCN1CCC(NS(=O)(=O)c2cc(Br)sc2C)CC1. The van der Waals surface area contributed by atoms with Crippen LogP contribution < -0.4 is 4.72 Å². The van der Waals surface area contributed by atoms with Gasteiger partial charge in [0.05, 0.1) is 8.68 Å². The van der Waals surface area contributed by atoms with E-state index in [4.69, 9.17) is 0 Å². The van der Waals surface area contributed by atoms with Gasteiger partial charge in [0.1, 0.15) is 0 Å². The van der Waals surface area contributed by atoms with Gasteiger partial charge in [-0.3, -0.25) is 0 Å². The van der Waals surface area contributed by atoms with E-state index >= 15 is 0 Å². The van der Waals surface area contributed by atoms with E-state index in [1.165, 1.54) is 11.3 Å². The highest BCUT2D eigenvalue weighted by Gasteiger charge is 2.26. The molecule has 4 nitrogen and oxygen atoms in total. The molecule has 0 atom stereocenters. The summed E-state index contributed by atoms with van der Waals surface area (Å²) in [5.41, 5.74) is 0. The van der Waals surface area contributed by atoms with Crippen LogP contribution in [0.15, 0.2) is 14.7 Å². The van der Waals surface area contributed by atoms with Gasteiger partial charge in [-0.15, -0.1) is 11.3 Å². The summed E-state index contributed by atoms with van der Waals surface area (Å²) < 4.78 is 28.5. The van der Waals surface area contributed by atoms with Crippen LogP contribution in [0.1, 0.15) is 31.1 Å². The highest BCUT2D eigenvalue weighted by atomic mass is 79.9. The summed E-state index contributed by atoms with van der Waals surface area (Å²) in [4.78, 5) is 3.63. The Bertz CT molecular complexity index is 549. The van der Waals surface area contributed by atoms with Gasteiger partial charge in [-0.05, 0) is 67.8 Å². The molecule has 2 rings (SSSR count). The minimum absolute atomic E-state index is 0.0613. The van der Waals surface area contributed by atoms with Crippen LogP contribution in [0.4, 0.5) is 0 Å². The highest BCUT2D eigenvalue weighted by molar-refractivity contribution is 9.11. The fourth-order valence-electron chi connectivity index (χ4n) is 2.57. The minimum atomic E-state index is -3.39. The van der Waals surface area contributed by atoms with Crippen molar-refractivity contribution in [1.82, 2.24) is 9.62 Å². The Morgan fingerprint density at radius 1 is 1.45 bits per heavy atom. The van der Waals surface area contributed by atoms with E-state index in [0.717, 1.165) is 47.6 Å². The summed E-state index contributed by atoms with van der Waals surface area (Å²) in [7, 11) is -3.39. The lowest BCUT2D eigenvalue weighted by Crippen LogP contribution is -2.44. The van der Waals surface area contributed by atoms with Crippen molar-refractivity contribution in [1.29, 1.82) is 0 Å². The first-order valence-corrected chi connectivity index (χ1v) is 10.0. The van der Waals surface area contributed by atoms with Crippen LogP contribution in [-0.2, 0) is 10.0 Å². The average molecular weight is 381 g/mol. The second kappa shape index (κ2) is 6.87. The molecule has 1 N–H and O–H groups in total. The third-order valence-corrected chi connectivity index (χ3v) is 6.91. The first-order chi connectivity index (χ1) is 9.42. The molecule has 0 bridgehead atoms. The molecule has 0 aliphatic carbocycles. The number of halogens is 1. The fourth-order valence-corrected chi connectivity index (χ4v) is 6.29. The van der Waals surface area contributed by atoms with Crippen LogP contribution >= 0.6 is 27.3 Å². The van der Waals surface area contributed by atoms with Crippen molar-refractivity contribution in [3.63, 3.8) is 0 Å². The molecule has 1 saturated heterocycles. The number of sulfonamides is 1. The van der Waals surface area contributed by atoms with Crippen LogP contribution in [0.25, 0.3) is 0 Å². The van der Waals surface area contributed by atoms with Gasteiger partial charge in [0, 0.05) is 10.9 Å². The van der Waals surface area contributed by atoms with E-state index in [0.29, 0.717) is 4.90 Å². The Balaban J connectivity index is 1.98. The number of likely N-dealkylation sites (tertiary alicyclic amines) is 1. The molecule has 1 aromatic heterocycles. The molecular formula is C13H21BrN2O2S2. The van der Waals surface area contributed by atoms with E-state index in [9.17, 15) is 8.42 Å². The Hall–Kier alpha value is 0.0500. The number of rotatable bonds is 5. The van der Waals surface area contributed by atoms with Crippen LogP contribution in [0, 0.1) is 6.92 Å². The number of nitrogens with one attached hydrogen (secondary N) is 1. The third-order valence-electron chi connectivity index (χ3n) is 3.58. The van der Waals surface area contributed by atoms with Gasteiger partial charge >= 0.3 is 0 Å². The van der Waals surface area contributed by atoms with Crippen LogP contribution in [0.5, 0.6) is 0 Å². The maximum absolute atomic E-state index is 12.4. The predicted octanol–water partition coefficient (Wildman–Crippen LogP) is 2.97. The molecule has 1 aromatic rings. The lowest BCUT2D eigenvalue weighted by atomic mass is 10.1. The lowest BCUT2D eigenvalue weighted by molar-refractivity contribution is 0.208. The van der Waals surface area contributed by atoms with Crippen molar-refractivity contribution in [2.24, 2.45) is 0 Å². The van der Waals surface area contributed by atoms with Crippen LogP contribution in [-0.4, -0.2) is 39.0 Å². The summed E-state index contributed by atoms with van der Waals surface area (Å²) in [6, 6.07) is 1.75. The molecular weight excluding hydrogens is 360 g/mol. The van der Waals surface area contributed by atoms with Crippen molar-refractivity contribution in [3.8, 4) is 0 Å². The summed E-state index contributed by atoms with van der Waals surface area (Å²) >= 11 is 4.80. The zero-order chi connectivity index (χ0) is 14.8. The lowest BCUT2D eigenvalue weighted by Gasteiger charge is -2.31. The Kier molecular flexibility index (Phi) is 5.64. The predicted molar refractivity (Wildman–Crippen MR) is 86.8 cm³/mol. The normalized spacial score (nSPS) is 18.6. The van der Waals surface area contributed by atoms with E-state index in [1.54, 1.807) is 6.07 Å². The number of hydrogen-bond acceptors (Lipinski definition) is 4. The number of thiophene rings is 1. The Morgan fingerprint density at radius 3 is 2.60 bits per heavy atom. The number of piperidine rings is 1. The summed E-state index contributed by atoms with van der Waals surface area (Å²) in [5.74, 6) is 0. The molecule has 0 spiro atoms. The highest BCUT2D eigenvalue weighted by Crippen LogP contribution is 2.30. The van der Waals surface area contributed by atoms with Crippen molar-refractivity contribution in [3.05, 3.63) is 14.7 Å². The van der Waals surface area contributed by atoms with Crippen LogP contribution in [0.2, 0.25) is 0 Å². The fraction of sp³-hybridized carbons (Fsp3) is 0.692. The monoisotopic (exact) mass is 380 g/mol. The number of hydrogen-bond donors (Lipinski definition) is 1. The van der Waals surface area contributed by atoms with Crippen molar-refractivity contribution in [2.75, 3.05) is 19.6 Å². The van der Waals surface area contributed by atoms with E-state index in [-0.39, 0.29) is 6.04 Å². The standard InChI is InChI=1S/C13H21BrN2O2S2/c1-3-6-16-7-4-11(5-8-16)15-20(17,18)12-9-13(14)19-10(12)2/h9,11,15H,3-8H2,1-2H3. The Morgan fingerprint density at radius 2 is 2.10 bits per heavy atom. The van der Waals surface area contributed by atoms with Crippen LogP contribution in [0.3, 0.4) is 0 Å². The zero-order valence-corrected chi connectivity index (χ0v) is 15.1. The number of nitrogens with zero attached hydrogens (tertiary/aromatic N) is 1. The first-order valence-electron chi connectivity index (χ1n) is 6.93. The van der Waals surface area contributed by atoms with E-state index in [2.05, 4.69) is 32.5 Å². The molecule has 1 aliphatic rings. The molecule has 0 aromatic carbocycles. The average Bonchev–Trinajstić information content (AvgIpc) is 2.72. The summed E-state index contributed by atoms with van der Waals surface area (Å²) in [5, 5.41) is 0. The van der Waals surface area contributed by atoms with Gasteiger partial charge in [-0.2, -0.15) is 0 Å². The van der Waals surface area contributed by atoms with Gasteiger partial charge in [0.25, 0.3) is 0 Å². The molecule has 0 radical (unpaired) electrons. The molecule has 7 heteroatoms. The molecule has 1 aliphatic heterocycles. The van der Waals surface area contributed by atoms with E-state index < -0.39 is 10.0 Å². The van der Waals surface area contributed by atoms with Gasteiger partial charge < -0.3 is 4.90 Å². The molecule has 114 valence electrons. The van der Waals surface area contributed by atoms with E-state index in [1.807, 2.05) is 6.92 Å². The van der Waals surface area contributed by atoms with Gasteiger partial charge in [-0.25, -0.2) is 13.1 Å². The first kappa shape index (κ1) is 16.4. The topological polar surface area (TPSA) is 49.4 Å². The molecule has 1 fully saturated rings. The quantitative estimate of drug-likeness (QED) is 0.853. The smallest absolute Gasteiger partial charge is 0.241 e. The molecule has 0 amide bonds. The maximum Gasteiger partial charge on any atom is 0.241 e. The summed E-state index contributed by atoms with van der Waals surface area (Å²) in [6.07, 6.45) is 2.94. The van der Waals surface area contributed by atoms with Crippen molar-refractivity contribution in [2.45, 2.75) is 44.0 Å². The number of aryl methyl sites for hydroxylation is 1. The van der Waals surface area contributed by atoms with Gasteiger partial charge in [0.15, 0.2) is 0 Å². The van der Waals surface area contributed by atoms with Gasteiger partial charge in [0.2, 0.25) is 10.0 Å². The van der Waals surface area contributed by atoms with Gasteiger partial charge in [-0.1, -0.05) is 6.92 Å². The molecule has 2 heterocycles. The third kappa shape index (κ3) is 4.04. The molecule has 0 unspecified atom stereocenters. The minimum Gasteiger partial charge on any atom is -0.303 e. The van der Waals surface area contributed by atoms with Crippen molar-refractivity contribution < 1.29 is 8.42 Å². The Labute approximate surface area is 133 Å². The van der Waals surface area contributed by atoms with Crippen molar-refractivity contribution >= 4 is 37.3 Å². The second-order valence-corrected chi connectivity index (χ2v) is 9.53. The second-order valence-electron chi connectivity index (χ2n) is 5.21. The molecule has 20 heavy (non-hydrogen) atoms. The molecule has 0 saturated carbocycles. The largest absolute Gasteiger partial charge is 0.303 e.